The van der Waals surface area contributed by atoms with E-state index in [-0.39, 0.29) is 6.04 Å². The third-order valence-electron chi connectivity index (χ3n) is 5.91. The quantitative estimate of drug-likeness (QED) is 0.468. The number of methoxy groups -OCH3 is 1. The first-order valence-electron chi connectivity index (χ1n) is 10.3. The molecule has 0 amide bonds. The second-order valence-corrected chi connectivity index (χ2v) is 8.65. The molecule has 32 heavy (non-hydrogen) atoms. The van der Waals surface area contributed by atoms with Crippen molar-refractivity contribution in [3.8, 4) is 39.7 Å². The number of hydrogen-bond donors (Lipinski definition) is 1. The fourth-order valence-electron chi connectivity index (χ4n) is 4.29. The zero-order chi connectivity index (χ0) is 22.5. The predicted octanol–water partition coefficient (Wildman–Crippen LogP) is 4.72. The van der Waals surface area contributed by atoms with Gasteiger partial charge in [-0.15, -0.1) is 0 Å². The van der Waals surface area contributed by atoms with Crippen molar-refractivity contribution in [1.82, 2.24) is 24.9 Å². The standard InChI is InChI=1S/C23H22ClN5O3/c1-13-16(12-27-29(13)14-10-23(2,30)11-14)21-18(22-25-8-5-9-26-22)20(28-32-21)15-6-4-7-17(31-3)19(15)24/h4-9,12,14,30H,10-11H2,1-3H3/t14-,23+. The molecule has 5 rings (SSSR count). The van der Waals surface area contributed by atoms with Gasteiger partial charge >= 0.3 is 0 Å². The van der Waals surface area contributed by atoms with E-state index in [9.17, 15) is 5.11 Å². The van der Waals surface area contributed by atoms with Gasteiger partial charge in [-0.25, -0.2) is 9.97 Å². The van der Waals surface area contributed by atoms with Crippen LogP contribution in [0, 0.1) is 6.92 Å². The van der Waals surface area contributed by atoms with Crippen LogP contribution in [-0.2, 0) is 0 Å². The summed E-state index contributed by atoms with van der Waals surface area (Å²) < 4.78 is 13.2. The van der Waals surface area contributed by atoms with Crippen LogP contribution in [0.1, 0.15) is 31.5 Å². The fraction of sp³-hybridized carbons (Fsp3) is 0.304. The van der Waals surface area contributed by atoms with Crippen molar-refractivity contribution in [3.05, 3.63) is 53.6 Å². The Balaban J connectivity index is 1.66. The zero-order valence-corrected chi connectivity index (χ0v) is 18.7. The highest BCUT2D eigenvalue weighted by Gasteiger charge is 2.41. The van der Waals surface area contributed by atoms with Gasteiger partial charge < -0.3 is 14.4 Å². The van der Waals surface area contributed by atoms with Gasteiger partial charge in [0.15, 0.2) is 11.6 Å². The number of hydrogen-bond acceptors (Lipinski definition) is 7. The predicted molar refractivity (Wildman–Crippen MR) is 119 cm³/mol. The highest BCUT2D eigenvalue weighted by Crippen LogP contribution is 2.45. The van der Waals surface area contributed by atoms with Crippen molar-refractivity contribution >= 4 is 11.6 Å². The van der Waals surface area contributed by atoms with Crippen LogP contribution in [0.2, 0.25) is 5.02 Å². The van der Waals surface area contributed by atoms with E-state index in [4.69, 9.17) is 20.9 Å². The number of aliphatic hydroxyl groups is 1. The van der Waals surface area contributed by atoms with Crippen molar-refractivity contribution in [2.45, 2.75) is 38.3 Å². The highest BCUT2D eigenvalue weighted by molar-refractivity contribution is 6.35. The van der Waals surface area contributed by atoms with Crippen LogP contribution in [-0.4, -0.2) is 42.7 Å². The lowest BCUT2D eigenvalue weighted by molar-refractivity contribution is -0.0548. The van der Waals surface area contributed by atoms with Crippen LogP contribution < -0.4 is 4.74 Å². The van der Waals surface area contributed by atoms with Crippen LogP contribution in [0.25, 0.3) is 34.0 Å². The minimum absolute atomic E-state index is 0.144. The molecule has 3 aromatic heterocycles. The summed E-state index contributed by atoms with van der Waals surface area (Å²) in [6.07, 6.45) is 6.41. The van der Waals surface area contributed by atoms with Gasteiger partial charge in [0.2, 0.25) is 0 Å². The minimum Gasteiger partial charge on any atom is -0.495 e. The Morgan fingerprint density at radius 3 is 2.62 bits per heavy atom. The van der Waals surface area contributed by atoms with Crippen molar-refractivity contribution in [2.75, 3.05) is 7.11 Å². The van der Waals surface area contributed by atoms with Crippen LogP contribution in [0.3, 0.4) is 0 Å². The summed E-state index contributed by atoms with van der Waals surface area (Å²) in [6, 6.07) is 7.38. The van der Waals surface area contributed by atoms with Gasteiger partial charge in [0.05, 0.1) is 41.1 Å². The molecule has 164 valence electrons. The van der Waals surface area contributed by atoms with Crippen molar-refractivity contribution < 1.29 is 14.4 Å². The number of nitrogens with zero attached hydrogens (tertiary/aromatic N) is 5. The summed E-state index contributed by atoms with van der Waals surface area (Å²) in [5.41, 5.74) is 2.87. The molecule has 0 radical (unpaired) electrons. The lowest BCUT2D eigenvalue weighted by Crippen LogP contribution is -2.42. The Morgan fingerprint density at radius 1 is 1.19 bits per heavy atom. The molecule has 1 N–H and O–H groups in total. The molecule has 0 bridgehead atoms. The lowest BCUT2D eigenvalue weighted by atomic mass is 9.77. The molecule has 0 spiro atoms. The van der Waals surface area contributed by atoms with E-state index in [0.29, 0.717) is 52.0 Å². The van der Waals surface area contributed by atoms with Gasteiger partial charge in [-0.2, -0.15) is 5.10 Å². The number of ether oxygens (including phenoxy) is 1. The number of halogens is 1. The van der Waals surface area contributed by atoms with Gasteiger partial charge in [-0.3, -0.25) is 4.68 Å². The van der Waals surface area contributed by atoms with E-state index in [0.717, 1.165) is 11.3 Å². The maximum absolute atomic E-state index is 10.1. The molecule has 3 heterocycles. The van der Waals surface area contributed by atoms with Gasteiger partial charge in [0.1, 0.15) is 11.4 Å². The normalized spacial score (nSPS) is 20.2. The summed E-state index contributed by atoms with van der Waals surface area (Å²) in [6.45, 7) is 3.82. The summed E-state index contributed by atoms with van der Waals surface area (Å²) in [5.74, 6) is 1.52. The first-order valence-corrected chi connectivity index (χ1v) is 10.6. The molecule has 1 aliphatic rings. The summed E-state index contributed by atoms with van der Waals surface area (Å²) in [7, 11) is 1.57. The topological polar surface area (TPSA) is 99.1 Å². The summed E-state index contributed by atoms with van der Waals surface area (Å²) in [5, 5.41) is 19.5. The zero-order valence-electron chi connectivity index (χ0n) is 17.9. The second kappa shape index (κ2) is 7.72. The maximum Gasteiger partial charge on any atom is 0.181 e. The van der Waals surface area contributed by atoms with Gasteiger partial charge in [0.25, 0.3) is 0 Å². The molecule has 9 heteroatoms. The molecule has 8 nitrogen and oxygen atoms in total. The molecule has 0 atom stereocenters. The van der Waals surface area contributed by atoms with Crippen LogP contribution in [0.5, 0.6) is 5.75 Å². The van der Waals surface area contributed by atoms with Crippen molar-refractivity contribution in [2.24, 2.45) is 0 Å². The average molecular weight is 452 g/mol. The van der Waals surface area contributed by atoms with Gasteiger partial charge in [-0.1, -0.05) is 28.9 Å². The molecule has 4 aromatic rings. The van der Waals surface area contributed by atoms with Crippen molar-refractivity contribution in [1.29, 1.82) is 0 Å². The summed E-state index contributed by atoms with van der Waals surface area (Å²) >= 11 is 6.60. The second-order valence-electron chi connectivity index (χ2n) is 8.28. The molecule has 0 saturated heterocycles. The largest absolute Gasteiger partial charge is 0.495 e. The fourth-order valence-corrected chi connectivity index (χ4v) is 4.58. The third-order valence-corrected chi connectivity index (χ3v) is 6.30. The highest BCUT2D eigenvalue weighted by atomic mass is 35.5. The number of aromatic nitrogens is 5. The van der Waals surface area contributed by atoms with E-state index in [1.807, 2.05) is 30.7 Å². The van der Waals surface area contributed by atoms with E-state index in [1.165, 1.54) is 0 Å². The number of benzene rings is 1. The van der Waals surface area contributed by atoms with Gasteiger partial charge in [-0.05, 0) is 38.8 Å². The number of rotatable bonds is 5. The Bertz CT molecular complexity index is 1270. The monoisotopic (exact) mass is 451 g/mol. The Hall–Kier alpha value is -3.23. The maximum atomic E-state index is 10.1. The van der Waals surface area contributed by atoms with E-state index in [2.05, 4.69) is 20.2 Å². The lowest BCUT2D eigenvalue weighted by Gasteiger charge is -2.41. The molecule has 0 aliphatic heterocycles. The molecular formula is C23H22ClN5O3. The van der Waals surface area contributed by atoms with Crippen LogP contribution >= 0.6 is 11.6 Å². The first kappa shape index (κ1) is 20.7. The Labute approximate surface area is 189 Å². The SMILES string of the molecule is COc1cccc(-c2noc(-c3cnn([C@H]4C[C@@](C)(O)C4)c3C)c2-c2ncccn2)c1Cl. The average Bonchev–Trinajstić information content (AvgIpc) is 3.36. The molecule has 1 fully saturated rings. The third kappa shape index (κ3) is 3.36. The Kier molecular flexibility index (Phi) is 4.98. The Morgan fingerprint density at radius 2 is 1.94 bits per heavy atom. The van der Waals surface area contributed by atoms with E-state index < -0.39 is 5.60 Å². The van der Waals surface area contributed by atoms with Crippen molar-refractivity contribution in [3.63, 3.8) is 0 Å². The van der Waals surface area contributed by atoms with Crippen LogP contribution in [0.15, 0.2) is 47.4 Å². The first-order chi connectivity index (χ1) is 15.4. The summed E-state index contributed by atoms with van der Waals surface area (Å²) in [4.78, 5) is 8.88. The van der Waals surface area contributed by atoms with E-state index in [1.54, 1.807) is 37.8 Å². The van der Waals surface area contributed by atoms with Gasteiger partial charge in [0, 0.05) is 23.7 Å². The molecule has 1 aromatic carbocycles. The molecular weight excluding hydrogens is 430 g/mol. The smallest absolute Gasteiger partial charge is 0.181 e. The molecule has 1 aliphatic carbocycles. The molecule has 0 unspecified atom stereocenters. The minimum atomic E-state index is -0.644. The molecule has 1 saturated carbocycles. The van der Waals surface area contributed by atoms with Crippen LogP contribution in [0.4, 0.5) is 0 Å². The van der Waals surface area contributed by atoms with E-state index >= 15 is 0 Å².